The van der Waals surface area contributed by atoms with Gasteiger partial charge in [0, 0.05) is 19.3 Å². The van der Waals surface area contributed by atoms with Gasteiger partial charge in [0.15, 0.2) is 6.10 Å². The van der Waals surface area contributed by atoms with Crippen molar-refractivity contribution in [1.29, 1.82) is 0 Å². The largest absolute Gasteiger partial charge is 0.462 e. The van der Waals surface area contributed by atoms with Crippen LogP contribution < -0.4 is 0 Å². The third-order valence-electron chi connectivity index (χ3n) is 12.0. The molecule has 1 unspecified atom stereocenters. The van der Waals surface area contributed by atoms with Crippen LogP contribution in [-0.4, -0.2) is 37.2 Å². The number of rotatable bonds is 51. The van der Waals surface area contributed by atoms with Crippen LogP contribution in [0.4, 0.5) is 0 Å². The number of carbonyl (C=O) groups is 3. The highest BCUT2D eigenvalue weighted by atomic mass is 16.6. The average molecular weight is 972 g/mol. The molecule has 0 radical (unpaired) electrons. The van der Waals surface area contributed by atoms with E-state index < -0.39 is 6.10 Å². The van der Waals surface area contributed by atoms with Crippen molar-refractivity contribution >= 4 is 17.9 Å². The van der Waals surface area contributed by atoms with Gasteiger partial charge in [-0.25, -0.2) is 0 Å². The maximum absolute atomic E-state index is 12.8. The fourth-order valence-corrected chi connectivity index (χ4v) is 7.75. The Morgan fingerprint density at radius 1 is 0.300 bits per heavy atom. The Labute approximate surface area is 431 Å². The van der Waals surface area contributed by atoms with Crippen LogP contribution in [0.1, 0.15) is 258 Å². The van der Waals surface area contributed by atoms with Gasteiger partial charge in [0.25, 0.3) is 0 Å². The molecule has 6 heteroatoms. The van der Waals surface area contributed by atoms with Crippen LogP contribution in [0, 0.1) is 0 Å². The molecule has 0 aliphatic rings. The summed E-state index contributed by atoms with van der Waals surface area (Å²) >= 11 is 0. The molecule has 0 N–H and O–H groups in total. The Morgan fingerprint density at radius 2 is 0.557 bits per heavy atom. The van der Waals surface area contributed by atoms with E-state index in [4.69, 9.17) is 14.2 Å². The number of allylic oxidation sites excluding steroid dienone is 18. The number of unbranched alkanes of at least 4 members (excludes halogenated alkanes) is 22. The molecule has 0 amide bonds. The SMILES string of the molecule is CC/C=C\C/C=C\C/C=C\C/C=C\C/C=C\CCCCCCCCCCCCCC(=O)OCC(COC(=O)CCCCCCCC)OC(=O)CCCCCCCC/C=C\C/C=C\C/C=C\C/C=C\CC. The van der Waals surface area contributed by atoms with Gasteiger partial charge in [0.2, 0.25) is 0 Å². The van der Waals surface area contributed by atoms with Crippen molar-refractivity contribution in [2.24, 2.45) is 0 Å². The van der Waals surface area contributed by atoms with Crippen LogP contribution in [0.2, 0.25) is 0 Å². The second-order valence-electron chi connectivity index (χ2n) is 18.8. The molecule has 0 aromatic carbocycles. The van der Waals surface area contributed by atoms with Crippen molar-refractivity contribution in [3.8, 4) is 0 Å². The fourth-order valence-electron chi connectivity index (χ4n) is 7.75. The second kappa shape index (κ2) is 57.6. The van der Waals surface area contributed by atoms with Crippen LogP contribution in [0.3, 0.4) is 0 Å². The standard InChI is InChI=1S/C64H106O6/c1-4-7-10-13-16-18-20-22-24-26-28-29-30-31-32-33-34-35-37-38-40-42-44-46-48-51-54-57-63(66)69-60-61(59-68-62(65)56-53-50-15-12-9-6-3)70-64(67)58-55-52-49-47-45-43-41-39-36-27-25-23-21-19-17-14-11-8-5-2/h7-8,10-11,16-19,22-25,28-29,31-32,36,39,61H,4-6,9,12-15,20-21,26-27,30,33-35,37-38,40-60H2,1-3H3/b10-7-,11-8-,18-16-,19-17-,24-22-,25-23-,29-28-,32-31-,39-36-. The highest BCUT2D eigenvalue weighted by molar-refractivity contribution is 5.71. The highest BCUT2D eigenvalue weighted by Gasteiger charge is 2.19. The third-order valence-corrected chi connectivity index (χ3v) is 12.0. The molecule has 0 aromatic heterocycles. The maximum Gasteiger partial charge on any atom is 0.306 e. The molecule has 0 saturated heterocycles. The van der Waals surface area contributed by atoms with Crippen molar-refractivity contribution in [3.05, 3.63) is 109 Å². The number of carbonyl (C=O) groups excluding carboxylic acids is 3. The molecule has 0 aliphatic carbocycles. The Bertz CT molecular complexity index is 1440. The van der Waals surface area contributed by atoms with Crippen LogP contribution in [-0.2, 0) is 28.6 Å². The van der Waals surface area contributed by atoms with Crippen LogP contribution in [0.25, 0.3) is 0 Å². The zero-order chi connectivity index (χ0) is 50.7. The predicted octanol–water partition coefficient (Wildman–Crippen LogP) is 19.5. The average Bonchev–Trinajstić information content (AvgIpc) is 3.36. The summed E-state index contributed by atoms with van der Waals surface area (Å²) in [5.41, 5.74) is 0. The fraction of sp³-hybridized carbons (Fsp3) is 0.672. The van der Waals surface area contributed by atoms with Gasteiger partial charge in [-0.3, -0.25) is 14.4 Å². The molecule has 0 heterocycles. The molecular formula is C64H106O6. The van der Waals surface area contributed by atoms with Gasteiger partial charge in [-0.15, -0.1) is 0 Å². The van der Waals surface area contributed by atoms with Crippen LogP contribution >= 0.6 is 0 Å². The maximum atomic E-state index is 12.8. The Morgan fingerprint density at radius 3 is 0.871 bits per heavy atom. The normalized spacial score (nSPS) is 12.9. The molecule has 6 nitrogen and oxygen atoms in total. The molecule has 0 aromatic rings. The first-order valence-corrected chi connectivity index (χ1v) is 28.9. The summed E-state index contributed by atoms with van der Waals surface area (Å²) in [7, 11) is 0. The summed E-state index contributed by atoms with van der Waals surface area (Å²) in [5.74, 6) is -0.912. The minimum absolute atomic E-state index is 0.0852. The first kappa shape index (κ1) is 66.1. The molecule has 0 saturated carbocycles. The van der Waals surface area contributed by atoms with E-state index in [0.717, 1.165) is 128 Å². The van der Waals surface area contributed by atoms with E-state index in [1.54, 1.807) is 0 Å². The Balaban J connectivity index is 4.16. The summed E-state index contributed by atoms with van der Waals surface area (Å²) < 4.78 is 16.7. The highest BCUT2D eigenvalue weighted by Crippen LogP contribution is 2.15. The van der Waals surface area contributed by atoms with Crippen molar-refractivity contribution in [3.63, 3.8) is 0 Å². The smallest absolute Gasteiger partial charge is 0.306 e. The quantitative estimate of drug-likeness (QED) is 0.0262. The minimum atomic E-state index is -0.785. The zero-order valence-corrected chi connectivity index (χ0v) is 45.5. The van der Waals surface area contributed by atoms with Gasteiger partial charge >= 0.3 is 17.9 Å². The number of ether oxygens (including phenoxy) is 3. The van der Waals surface area contributed by atoms with Crippen LogP contribution in [0.15, 0.2) is 109 Å². The van der Waals surface area contributed by atoms with E-state index in [0.29, 0.717) is 19.3 Å². The second-order valence-corrected chi connectivity index (χ2v) is 18.8. The van der Waals surface area contributed by atoms with Crippen molar-refractivity contribution in [1.82, 2.24) is 0 Å². The van der Waals surface area contributed by atoms with Gasteiger partial charge in [-0.05, 0) is 103 Å². The summed E-state index contributed by atoms with van der Waals surface area (Å²) in [4.78, 5) is 37.9. The van der Waals surface area contributed by atoms with E-state index >= 15 is 0 Å². The Kier molecular flexibility index (Phi) is 54.4. The Hall–Kier alpha value is -3.93. The van der Waals surface area contributed by atoms with Crippen LogP contribution in [0.5, 0.6) is 0 Å². The summed E-state index contributed by atoms with van der Waals surface area (Å²) in [5, 5.41) is 0. The van der Waals surface area contributed by atoms with Gasteiger partial charge < -0.3 is 14.2 Å². The molecule has 0 fully saturated rings. The number of hydrogen-bond donors (Lipinski definition) is 0. The van der Waals surface area contributed by atoms with E-state index in [2.05, 4.69) is 130 Å². The van der Waals surface area contributed by atoms with Crippen molar-refractivity contribution in [2.45, 2.75) is 264 Å². The summed E-state index contributed by atoms with van der Waals surface area (Å²) in [6.07, 6.45) is 78.3. The first-order chi connectivity index (χ1) is 34.5. The summed E-state index contributed by atoms with van der Waals surface area (Å²) in [6, 6.07) is 0. The van der Waals surface area contributed by atoms with Gasteiger partial charge in [0.1, 0.15) is 13.2 Å². The molecule has 398 valence electrons. The third kappa shape index (κ3) is 55.0. The minimum Gasteiger partial charge on any atom is -0.462 e. The molecule has 1 atom stereocenters. The number of esters is 3. The molecule has 70 heavy (non-hydrogen) atoms. The lowest BCUT2D eigenvalue weighted by Crippen LogP contribution is -2.30. The van der Waals surface area contributed by atoms with Gasteiger partial charge in [0.05, 0.1) is 0 Å². The van der Waals surface area contributed by atoms with E-state index in [9.17, 15) is 14.4 Å². The van der Waals surface area contributed by atoms with Crippen molar-refractivity contribution in [2.75, 3.05) is 13.2 Å². The monoisotopic (exact) mass is 971 g/mol. The van der Waals surface area contributed by atoms with E-state index in [1.807, 2.05) is 0 Å². The van der Waals surface area contributed by atoms with Gasteiger partial charge in [-0.2, -0.15) is 0 Å². The molecule has 0 spiro atoms. The van der Waals surface area contributed by atoms with Gasteiger partial charge in [-0.1, -0.05) is 246 Å². The molecule has 0 aliphatic heterocycles. The molecule has 0 bridgehead atoms. The molecular weight excluding hydrogens is 865 g/mol. The van der Waals surface area contributed by atoms with E-state index in [-0.39, 0.29) is 31.1 Å². The summed E-state index contributed by atoms with van der Waals surface area (Å²) in [6.45, 7) is 6.34. The predicted molar refractivity (Wildman–Crippen MR) is 302 cm³/mol. The number of hydrogen-bond acceptors (Lipinski definition) is 6. The van der Waals surface area contributed by atoms with Crippen molar-refractivity contribution < 1.29 is 28.6 Å². The zero-order valence-electron chi connectivity index (χ0n) is 45.5. The van der Waals surface area contributed by atoms with E-state index in [1.165, 1.54) is 89.9 Å². The lowest BCUT2D eigenvalue weighted by molar-refractivity contribution is -0.167. The lowest BCUT2D eigenvalue weighted by Gasteiger charge is -2.18. The topological polar surface area (TPSA) is 78.9 Å². The molecule has 0 rings (SSSR count). The lowest BCUT2D eigenvalue weighted by atomic mass is 10.0. The first-order valence-electron chi connectivity index (χ1n) is 28.9.